The summed E-state index contributed by atoms with van der Waals surface area (Å²) in [6.45, 7) is 9.75. The molecule has 1 unspecified atom stereocenters. The van der Waals surface area contributed by atoms with Crippen LogP contribution < -0.4 is 16.4 Å². The number of rotatable bonds is 10. The fourth-order valence-corrected chi connectivity index (χ4v) is 5.43. The molecular formula is C31H39N5O3. The molecule has 1 aliphatic rings. The highest BCUT2D eigenvalue weighted by Crippen LogP contribution is 2.40. The molecule has 39 heavy (non-hydrogen) atoms. The van der Waals surface area contributed by atoms with Crippen LogP contribution in [-0.2, 0) is 27.1 Å². The molecule has 2 aromatic carbocycles. The minimum atomic E-state index is -1.33. The van der Waals surface area contributed by atoms with E-state index in [0.29, 0.717) is 23.4 Å². The van der Waals surface area contributed by atoms with Gasteiger partial charge in [0.15, 0.2) is 5.78 Å². The van der Waals surface area contributed by atoms with Gasteiger partial charge in [-0.1, -0.05) is 75.4 Å². The van der Waals surface area contributed by atoms with Crippen molar-refractivity contribution in [1.82, 2.24) is 15.1 Å². The number of aromatic nitrogens is 2. The maximum atomic E-state index is 14.0. The molecule has 0 bridgehead atoms. The number of ketones is 1. The Balaban J connectivity index is 1.73. The molecule has 0 spiro atoms. The topological polar surface area (TPSA) is 119 Å². The molecule has 8 nitrogen and oxygen atoms in total. The van der Waals surface area contributed by atoms with E-state index in [9.17, 15) is 14.4 Å². The fraction of sp³-hybridized carbons (Fsp3) is 0.419. The average Bonchev–Trinajstić information content (AvgIpc) is 3.37. The largest absolute Gasteiger partial charge is 0.369 e. The summed E-state index contributed by atoms with van der Waals surface area (Å²) < 4.78 is 1.85. The number of aryl methyl sites for hydroxylation is 1. The number of nitrogens with zero attached hydrogens (tertiary/aromatic N) is 2. The van der Waals surface area contributed by atoms with Crippen LogP contribution in [0.4, 0.5) is 5.82 Å². The van der Waals surface area contributed by atoms with Crippen molar-refractivity contribution in [3.8, 4) is 0 Å². The van der Waals surface area contributed by atoms with Crippen molar-refractivity contribution in [3.63, 3.8) is 0 Å². The van der Waals surface area contributed by atoms with E-state index in [0.717, 1.165) is 24.0 Å². The van der Waals surface area contributed by atoms with E-state index >= 15 is 0 Å². The number of amides is 2. The first-order valence-electron chi connectivity index (χ1n) is 13.7. The Hall–Kier alpha value is -3.94. The van der Waals surface area contributed by atoms with Gasteiger partial charge >= 0.3 is 0 Å². The Morgan fingerprint density at radius 3 is 2.38 bits per heavy atom. The van der Waals surface area contributed by atoms with E-state index in [1.54, 1.807) is 13.1 Å². The third kappa shape index (κ3) is 5.46. The number of benzene rings is 2. The Bertz CT molecular complexity index is 1350. The second-order valence-electron chi connectivity index (χ2n) is 11.1. The summed E-state index contributed by atoms with van der Waals surface area (Å²) in [5, 5.41) is 11.2. The first kappa shape index (κ1) is 28.1. The Morgan fingerprint density at radius 2 is 1.79 bits per heavy atom. The Labute approximate surface area is 230 Å². The van der Waals surface area contributed by atoms with Gasteiger partial charge in [-0.2, -0.15) is 5.10 Å². The quantitative estimate of drug-likeness (QED) is 0.347. The lowest BCUT2D eigenvalue weighted by Crippen LogP contribution is -2.52. The summed E-state index contributed by atoms with van der Waals surface area (Å²) in [4.78, 5) is 39.6. The van der Waals surface area contributed by atoms with Crippen LogP contribution in [0.15, 0.2) is 60.8 Å². The highest BCUT2D eigenvalue weighted by atomic mass is 16.2. The fourth-order valence-electron chi connectivity index (χ4n) is 5.43. The molecule has 0 aliphatic carbocycles. The number of hydrogen-bond donors (Lipinski definition) is 3. The number of carbonyl (C=O) groups excluding carboxylic acids is 3. The van der Waals surface area contributed by atoms with Gasteiger partial charge in [-0.25, -0.2) is 4.68 Å². The minimum Gasteiger partial charge on any atom is -0.369 e. The lowest BCUT2D eigenvalue weighted by atomic mass is 9.79. The van der Waals surface area contributed by atoms with Gasteiger partial charge in [0.1, 0.15) is 16.9 Å². The van der Waals surface area contributed by atoms with Gasteiger partial charge in [0.2, 0.25) is 5.91 Å². The van der Waals surface area contributed by atoms with Gasteiger partial charge in [-0.15, -0.1) is 0 Å². The SMILES string of the molecule is CCc1ccc(C(CC)(NC(=O)c2cnn3c2N[C@@H](c2ccccc2)CC3(C)C)C(=O)C[C@@H](C)C(N)=O)cc1. The van der Waals surface area contributed by atoms with Crippen LogP contribution in [0.2, 0.25) is 0 Å². The summed E-state index contributed by atoms with van der Waals surface area (Å²) in [6.07, 6.45) is 3.43. The van der Waals surface area contributed by atoms with Crippen molar-refractivity contribution in [2.45, 2.75) is 77.4 Å². The van der Waals surface area contributed by atoms with E-state index in [4.69, 9.17) is 5.73 Å². The molecule has 0 radical (unpaired) electrons. The van der Waals surface area contributed by atoms with E-state index in [1.165, 1.54) is 0 Å². The van der Waals surface area contributed by atoms with Crippen LogP contribution in [0.25, 0.3) is 0 Å². The summed E-state index contributed by atoms with van der Waals surface area (Å²) in [5.41, 5.74) is 7.10. The standard InChI is InChI=1S/C31H39N5O3/c1-6-21-13-15-23(16-14-21)31(7-2,26(37)17-20(3)27(32)38)35-29(39)24-19-33-36-28(24)34-25(18-30(36,4)5)22-11-9-8-10-12-22/h8-16,19-20,25,34H,6-7,17-18H2,1-5H3,(H2,32,38)(H,35,39)/t20-,25-,31?/m1/s1. The van der Waals surface area contributed by atoms with E-state index in [2.05, 4.69) is 48.6 Å². The van der Waals surface area contributed by atoms with Gasteiger partial charge < -0.3 is 16.4 Å². The van der Waals surface area contributed by atoms with Crippen LogP contribution in [0.1, 0.15) is 87.0 Å². The highest BCUT2D eigenvalue weighted by molar-refractivity contribution is 6.03. The van der Waals surface area contributed by atoms with Crippen molar-refractivity contribution in [2.75, 3.05) is 5.32 Å². The lowest BCUT2D eigenvalue weighted by Gasteiger charge is -2.38. The molecular weight excluding hydrogens is 490 g/mol. The number of nitrogens with two attached hydrogens (primary N) is 1. The van der Waals surface area contributed by atoms with Gasteiger partial charge in [-0.05, 0) is 49.8 Å². The molecule has 1 aliphatic heterocycles. The molecule has 3 aromatic rings. The molecule has 0 saturated carbocycles. The Morgan fingerprint density at radius 1 is 1.13 bits per heavy atom. The highest BCUT2D eigenvalue weighted by Gasteiger charge is 2.43. The predicted octanol–water partition coefficient (Wildman–Crippen LogP) is 4.85. The van der Waals surface area contributed by atoms with Crippen LogP contribution >= 0.6 is 0 Å². The number of fused-ring (bicyclic) bond motifs is 1. The third-order valence-electron chi connectivity index (χ3n) is 7.97. The van der Waals surface area contributed by atoms with Crippen molar-refractivity contribution >= 4 is 23.4 Å². The molecule has 206 valence electrons. The van der Waals surface area contributed by atoms with Crippen LogP contribution in [0.5, 0.6) is 0 Å². The molecule has 0 saturated heterocycles. The van der Waals surface area contributed by atoms with E-state index < -0.39 is 23.3 Å². The van der Waals surface area contributed by atoms with Gasteiger partial charge in [0, 0.05) is 12.3 Å². The van der Waals surface area contributed by atoms with Gasteiger partial charge in [0.05, 0.1) is 17.8 Å². The first-order chi connectivity index (χ1) is 18.5. The second-order valence-corrected chi connectivity index (χ2v) is 11.1. The lowest BCUT2D eigenvalue weighted by molar-refractivity contribution is -0.130. The zero-order chi connectivity index (χ0) is 28.4. The summed E-state index contributed by atoms with van der Waals surface area (Å²) in [6, 6.07) is 17.8. The van der Waals surface area contributed by atoms with Crippen molar-refractivity contribution in [3.05, 3.63) is 83.0 Å². The molecule has 4 N–H and O–H groups in total. The van der Waals surface area contributed by atoms with Crippen molar-refractivity contribution in [1.29, 1.82) is 0 Å². The molecule has 1 aromatic heterocycles. The van der Waals surface area contributed by atoms with Gasteiger partial charge in [-0.3, -0.25) is 14.4 Å². The van der Waals surface area contributed by atoms with Crippen LogP contribution in [0, 0.1) is 5.92 Å². The first-order valence-corrected chi connectivity index (χ1v) is 13.7. The number of nitrogens with one attached hydrogen (secondary N) is 2. The molecule has 3 atom stereocenters. The number of Topliss-reactive ketones (excluding diaryl/α,β-unsaturated/α-hetero) is 1. The maximum Gasteiger partial charge on any atom is 0.257 e. The molecule has 0 fully saturated rings. The molecule has 2 heterocycles. The summed E-state index contributed by atoms with van der Waals surface area (Å²) in [7, 11) is 0. The van der Waals surface area contributed by atoms with E-state index in [1.807, 2.05) is 54.1 Å². The summed E-state index contributed by atoms with van der Waals surface area (Å²) >= 11 is 0. The van der Waals surface area contributed by atoms with E-state index in [-0.39, 0.29) is 23.8 Å². The Kier molecular flexibility index (Phi) is 7.95. The second kappa shape index (κ2) is 11.0. The zero-order valence-electron chi connectivity index (χ0n) is 23.5. The number of primary amides is 1. The monoisotopic (exact) mass is 529 g/mol. The van der Waals surface area contributed by atoms with Crippen LogP contribution in [-0.4, -0.2) is 27.4 Å². The number of anilines is 1. The van der Waals surface area contributed by atoms with Crippen molar-refractivity contribution < 1.29 is 14.4 Å². The number of hydrogen-bond acceptors (Lipinski definition) is 5. The normalized spacial score (nSPS) is 18.2. The van der Waals surface area contributed by atoms with Crippen molar-refractivity contribution in [2.24, 2.45) is 11.7 Å². The third-order valence-corrected chi connectivity index (χ3v) is 7.97. The molecule has 2 amide bonds. The minimum absolute atomic E-state index is 0.00693. The predicted molar refractivity (Wildman–Crippen MR) is 152 cm³/mol. The average molecular weight is 530 g/mol. The summed E-state index contributed by atoms with van der Waals surface area (Å²) in [5.74, 6) is -1.26. The maximum absolute atomic E-state index is 14.0. The molecule has 8 heteroatoms. The molecule has 4 rings (SSSR count). The van der Waals surface area contributed by atoms with Crippen LogP contribution in [0.3, 0.4) is 0 Å². The number of carbonyl (C=O) groups is 3. The van der Waals surface area contributed by atoms with Gasteiger partial charge in [0.25, 0.3) is 5.91 Å². The smallest absolute Gasteiger partial charge is 0.257 e. The zero-order valence-corrected chi connectivity index (χ0v) is 23.5.